The van der Waals surface area contributed by atoms with Gasteiger partial charge in [-0.25, -0.2) is 14.4 Å². The molecule has 10 heteroatoms. The zero-order valence-corrected chi connectivity index (χ0v) is 14.6. The monoisotopic (exact) mass is 372 g/mol. The van der Waals surface area contributed by atoms with E-state index in [-0.39, 0.29) is 24.3 Å². The van der Waals surface area contributed by atoms with E-state index < -0.39 is 40.3 Å². The summed E-state index contributed by atoms with van der Waals surface area (Å²) in [7, 11) is -1.14. The first-order valence-electron chi connectivity index (χ1n) is 7.27. The molecule has 0 spiro atoms. The van der Waals surface area contributed by atoms with Crippen molar-refractivity contribution in [2.75, 3.05) is 12.0 Å². The molecule has 0 radical (unpaired) electrons. The third-order valence-corrected chi connectivity index (χ3v) is 4.33. The van der Waals surface area contributed by atoms with E-state index in [0.29, 0.717) is 5.57 Å². The molecular formula is C15H20N2O7S. The molecule has 0 aromatic heterocycles. The van der Waals surface area contributed by atoms with Gasteiger partial charge in [-0.2, -0.15) is 0 Å². The van der Waals surface area contributed by atoms with Crippen LogP contribution in [0.2, 0.25) is 0 Å². The maximum Gasteiger partial charge on any atom is 0.351 e. The zero-order chi connectivity index (χ0) is 19.2. The lowest BCUT2D eigenvalue weighted by atomic mass is 9.88. The van der Waals surface area contributed by atoms with Crippen LogP contribution in [0.3, 0.4) is 0 Å². The second-order valence-corrected chi connectivity index (χ2v) is 7.32. The second kappa shape index (κ2) is 8.56. The van der Waals surface area contributed by atoms with Crippen LogP contribution in [0.1, 0.15) is 19.8 Å². The molecule has 1 rings (SSSR count). The Morgan fingerprint density at radius 2 is 2.04 bits per heavy atom. The summed E-state index contributed by atoms with van der Waals surface area (Å²) in [5.74, 6) is -3.49. The van der Waals surface area contributed by atoms with Gasteiger partial charge in [0.15, 0.2) is 0 Å². The van der Waals surface area contributed by atoms with Crippen molar-refractivity contribution < 1.29 is 33.9 Å². The van der Waals surface area contributed by atoms with Crippen molar-refractivity contribution in [3.8, 4) is 0 Å². The molecule has 1 unspecified atom stereocenters. The van der Waals surface area contributed by atoms with Crippen molar-refractivity contribution in [3.05, 3.63) is 23.4 Å². The van der Waals surface area contributed by atoms with Crippen LogP contribution in [0.4, 0.5) is 0 Å². The average molecular weight is 372 g/mol. The van der Waals surface area contributed by atoms with Gasteiger partial charge in [-0.1, -0.05) is 0 Å². The van der Waals surface area contributed by atoms with Crippen molar-refractivity contribution in [1.29, 1.82) is 0 Å². The molecule has 0 aromatic carbocycles. The molecule has 9 nitrogen and oxygen atoms in total. The number of aliphatic imine (C=N–C) groups is 1. The molecule has 0 bridgehead atoms. The van der Waals surface area contributed by atoms with Gasteiger partial charge in [0.1, 0.15) is 17.3 Å². The van der Waals surface area contributed by atoms with Gasteiger partial charge >= 0.3 is 17.9 Å². The Labute approximate surface area is 146 Å². The van der Waals surface area contributed by atoms with Gasteiger partial charge in [0.25, 0.3) is 0 Å². The molecule has 0 fully saturated rings. The summed E-state index contributed by atoms with van der Waals surface area (Å²) in [5.41, 5.74) is -1.38. The summed E-state index contributed by atoms with van der Waals surface area (Å²) in [6.45, 7) is 1.35. The molecule has 4 N–H and O–H groups in total. The van der Waals surface area contributed by atoms with Crippen molar-refractivity contribution in [3.63, 3.8) is 0 Å². The third kappa shape index (κ3) is 6.14. The maximum atomic E-state index is 11.4. The Kier molecular flexibility index (Phi) is 7.04. The Morgan fingerprint density at radius 3 is 2.52 bits per heavy atom. The standard InChI is InChI=1S/C15H20N2O7S/c1-15(14(22)23)8-9(7-11(17-15)13(20)21)3-5-16-10(12(18)19)4-6-25(2)24/h3,5,7,10,17H,4,6,8H2,1-2H3,(H,18,19)(H,20,21)(H,22,23)/t10-,15+,25?/m1/s1. The van der Waals surface area contributed by atoms with Gasteiger partial charge in [0, 0.05) is 35.4 Å². The first kappa shape index (κ1) is 20.6. The average Bonchev–Trinajstić information content (AvgIpc) is 2.49. The summed E-state index contributed by atoms with van der Waals surface area (Å²) in [5, 5.41) is 29.9. The normalized spacial score (nSPS) is 24.4. The molecular weight excluding hydrogens is 352 g/mol. The number of hydrogen-bond donors (Lipinski definition) is 4. The minimum absolute atomic E-state index is 0.00183. The van der Waals surface area contributed by atoms with Gasteiger partial charge < -0.3 is 20.6 Å². The Balaban J connectivity index is 3.00. The smallest absolute Gasteiger partial charge is 0.351 e. The quantitative estimate of drug-likeness (QED) is 0.435. The first-order chi connectivity index (χ1) is 11.5. The van der Waals surface area contributed by atoms with E-state index >= 15 is 0 Å². The number of allylic oxidation sites excluding steroid dienone is 2. The number of rotatable bonds is 8. The number of nitrogens with one attached hydrogen (secondary N) is 1. The summed E-state index contributed by atoms with van der Waals surface area (Å²) in [6, 6.07) is -1.07. The van der Waals surface area contributed by atoms with Gasteiger partial charge in [0.05, 0.1) is 0 Å². The maximum absolute atomic E-state index is 11.4. The lowest BCUT2D eigenvalue weighted by molar-refractivity contribution is -0.144. The number of nitrogens with zero attached hydrogens (tertiary/aromatic N) is 1. The molecule has 138 valence electrons. The summed E-state index contributed by atoms with van der Waals surface area (Å²) in [4.78, 5) is 37.5. The van der Waals surface area contributed by atoms with E-state index in [4.69, 9.17) is 10.2 Å². The van der Waals surface area contributed by atoms with Crippen LogP contribution in [0.5, 0.6) is 0 Å². The van der Waals surface area contributed by atoms with E-state index in [1.807, 2.05) is 0 Å². The molecule has 1 aliphatic rings. The summed E-state index contributed by atoms with van der Waals surface area (Å²) in [6.07, 6.45) is 5.42. The Bertz CT molecular complexity index is 683. The van der Waals surface area contributed by atoms with Gasteiger partial charge in [-0.15, -0.1) is 0 Å². The topological polar surface area (TPSA) is 153 Å². The van der Waals surface area contributed by atoms with E-state index in [2.05, 4.69) is 10.3 Å². The lowest BCUT2D eigenvalue weighted by Crippen LogP contribution is -2.52. The molecule has 0 amide bonds. The van der Waals surface area contributed by atoms with Crippen LogP contribution in [0.15, 0.2) is 28.4 Å². The van der Waals surface area contributed by atoms with Crippen molar-refractivity contribution in [2.24, 2.45) is 4.99 Å². The number of carboxylic acids is 3. The van der Waals surface area contributed by atoms with E-state index in [9.17, 15) is 23.7 Å². The Hall–Kier alpha value is -2.49. The highest BCUT2D eigenvalue weighted by Crippen LogP contribution is 2.25. The summed E-state index contributed by atoms with van der Waals surface area (Å²) >= 11 is 0. The van der Waals surface area contributed by atoms with Crippen LogP contribution in [0.25, 0.3) is 0 Å². The van der Waals surface area contributed by atoms with Crippen LogP contribution in [-0.2, 0) is 25.2 Å². The predicted octanol–water partition coefficient (Wildman–Crippen LogP) is 0.0105. The van der Waals surface area contributed by atoms with Crippen molar-refractivity contribution >= 4 is 34.9 Å². The van der Waals surface area contributed by atoms with E-state index in [0.717, 1.165) is 0 Å². The highest BCUT2D eigenvalue weighted by atomic mass is 32.2. The fourth-order valence-electron chi connectivity index (χ4n) is 2.16. The number of aliphatic carboxylic acids is 3. The van der Waals surface area contributed by atoms with Gasteiger partial charge in [0.2, 0.25) is 0 Å². The second-order valence-electron chi connectivity index (χ2n) is 5.76. The Morgan fingerprint density at radius 1 is 1.40 bits per heavy atom. The van der Waals surface area contributed by atoms with Crippen molar-refractivity contribution in [1.82, 2.24) is 5.32 Å². The van der Waals surface area contributed by atoms with Crippen LogP contribution >= 0.6 is 0 Å². The highest BCUT2D eigenvalue weighted by Gasteiger charge is 2.38. The fourth-order valence-corrected chi connectivity index (χ4v) is 2.71. The largest absolute Gasteiger partial charge is 0.480 e. The number of hydrogen-bond acceptors (Lipinski definition) is 6. The molecule has 3 atom stereocenters. The van der Waals surface area contributed by atoms with Crippen LogP contribution < -0.4 is 5.32 Å². The molecule has 25 heavy (non-hydrogen) atoms. The first-order valence-corrected chi connectivity index (χ1v) is 8.99. The minimum Gasteiger partial charge on any atom is -0.480 e. The molecule has 0 saturated heterocycles. The van der Waals surface area contributed by atoms with E-state index in [1.165, 1.54) is 31.5 Å². The highest BCUT2D eigenvalue weighted by molar-refractivity contribution is 7.84. The predicted molar refractivity (Wildman–Crippen MR) is 91.1 cm³/mol. The molecule has 0 saturated carbocycles. The SMILES string of the molecule is CS(=O)CC[C@@H](N=CC=C1C=C(C(=O)O)N[C@](C)(C(=O)O)C1)C(=O)O. The van der Waals surface area contributed by atoms with Crippen LogP contribution in [0, 0.1) is 0 Å². The third-order valence-electron chi connectivity index (χ3n) is 3.52. The number of carboxylic acid groups (broad SMARTS) is 3. The van der Waals surface area contributed by atoms with Gasteiger partial charge in [-0.3, -0.25) is 9.20 Å². The minimum atomic E-state index is -1.49. The lowest BCUT2D eigenvalue weighted by Gasteiger charge is -2.31. The molecule has 1 aliphatic heterocycles. The van der Waals surface area contributed by atoms with E-state index in [1.54, 1.807) is 0 Å². The number of carbonyl (C=O) groups is 3. The zero-order valence-electron chi connectivity index (χ0n) is 13.8. The van der Waals surface area contributed by atoms with Crippen LogP contribution in [-0.4, -0.2) is 67.2 Å². The van der Waals surface area contributed by atoms with Gasteiger partial charge in [-0.05, 0) is 31.1 Å². The van der Waals surface area contributed by atoms with Crippen molar-refractivity contribution in [2.45, 2.75) is 31.3 Å². The summed E-state index contributed by atoms with van der Waals surface area (Å²) < 4.78 is 11.1. The fraction of sp³-hybridized carbons (Fsp3) is 0.467. The molecule has 0 aromatic rings. The molecule has 0 aliphatic carbocycles. The molecule has 1 heterocycles.